The van der Waals surface area contributed by atoms with Gasteiger partial charge in [0.25, 0.3) is 0 Å². The number of hydrogen-bond donors (Lipinski definition) is 0. The van der Waals surface area contributed by atoms with Crippen LogP contribution < -0.4 is 0 Å². The summed E-state index contributed by atoms with van der Waals surface area (Å²) in [5.74, 6) is 0. The molecule has 0 amide bonds. The first-order chi connectivity index (χ1) is 66.9. The summed E-state index contributed by atoms with van der Waals surface area (Å²) in [6, 6.07) is 136. The highest BCUT2D eigenvalue weighted by Gasteiger charge is 2.30. The molecule has 0 atom stereocenters. The molecule has 0 radical (unpaired) electrons. The van der Waals surface area contributed by atoms with Gasteiger partial charge in [-0.1, -0.05) is 319 Å². The van der Waals surface area contributed by atoms with E-state index >= 15 is 0 Å². The molecular weight excluding hydrogens is 1980 g/mol. The molecule has 0 aliphatic carbocycles. The Morgan fingerprint density at radius 3 is 0.853 bits per heavy atom. The summed E-state index contributed by atoms with van der Waals surface area (Å²) < 4.78 is 43.4. The molecular formula is C124H64Cl4I2O6. The maximum Gasteiger partial charge on any atom is 0.143 e. The predicted octanol–water partition coefficient (Wildman–Crippen LogP) is 40.1. The average molecular weight is 2050 g/mol. The maximum absolute atomic E-state index is 7.23. The second-order valence-electron chi connectivity index (χ2n) is 35.2. The highest BCUT2D eigenvalue weighted by Crippen LogP contribution is 2.56. The van der Waals surface area contributed by atoms with Crippen molar-refractivity contribution in [1.82, 2.24) is 0 Å². The standard InChI is InChI=1S/C52H30O2.C38H20I2O2.C34H14Cl4O2/c1-4-15-31(16-5-1)34-27-42-48-44-30-41(33-19-8-3-9-20-33)35-21-10-12-23-37(35)51(44)53-45-26-14-25-39(49(45)48)47-43-29-40(32-17-6-2-7-18-32)36-22-11-13-24-38(36)52(43)54-46(28-34)50(42)47;39-29-11-3-1-7-23(29)21-15-17-31-27(19-21)35-25-9-5-14-34-38(25)36(26-10-6-13-33(41-31)37(26)35)28-20-22(16-18-32(28)42-34)24-8-2-4-12-30(24)40;35-15-10-22-30-24-14-26(38)18-6-2-4-8-20(18)34(24)40-28-12-16(36)9-21(32(28)30)29-23-13-25(37)17-5-1-3-7-19(17)33(23)39-27(11-15)31(22)29/h1-30H;1-20H;1-14H. The number of hydrogen-bond acceptors (Lipinski definition) is 6. The molecule has 6 heterocycles. The average Bonchev–Trinajstić information content (AvgIpc) is 0.639. The van der Waals surface area contributed by atoms with E-state index in [1.807, 2.05) is 84.9 Å². The van der Waals surface area contributed by atoms with Gasteiger partial charge in [-0.15, -0.1) is 0 Å². The van der Waals surface area contributed by atoms with Crippen LogP contribution in [0.4, 0.5) is 0 Å². The van der Waals surface area contributed by atoms with Crippen LogP contribution in [0.15, 0.2) is 415 Å². The van der Waals surface area contributed by atoms with Crippen LogP contribution in [0.25, 0.3) is 295 Å². The highest BCUT2D eigenvalue weighted by atomic mass is 127. The van der Waals surface area contributed by atoms with E-state index < -0.39 is 0 Å². The second-order valence-corrected chi connectivity index (χ2v) is 39.2. The highest BCUT2D eigenvalue weighted by molar-refractivity contribution is 14.1. The lowest BCUT2D eigenvalue weighted by molar-refractivity contribution is 0.661. The Bertz CT molecular complexity index is 10100. The monoisotopic (exact) mass is 2040 g/mol. The summed E-state index contributed by atoms with van der Waals surface area (Å²) in [6.45, 7) is 0. The zero-order valence-corrected chi connectivity index (χ0v) is 79.0. The molecule has 0 aliphatic heterocycles. The fraction of sp³-hybridized carbons (Fsp3) is 0. The van der Waals surface area contributed by atoms with E-state index in [9.17, 15) is 0 Å². The molecule has 0 N–H and O–H groups in total. The predicted molar refractivity (Wildman–Crippen MR) is 591 cm³/mol. The number of rotatable bonds is 5. The maximum atomic E-state index is 7.23. The molecule has 0 unspecified atom stereocenters. The van der Waals surface area contributed by atoms with Crippen LogP contribution in [0.3, 0.4) is 0 Å². The summed E-state index contributed by atoms with van der Waals surface area (Å²) in [6.07, 6.45) is 0. The first kappa shape index (κ1) is 79.8. The molecule has 0 aliphatic rings. The first-order valence-corrected chi connectivity index (χ1v) is 48.7. The number of benzene rings is 24. The normalized spacial score (nSPS) is 12.2. The van der Waals surface area contributed by atoms with E-state index in [1.54, 1.807) is 0 Å². The Balaban J connectivity index is 0.000000103. The van der Waals surface area contributed by atoms with Crippen LogP contribution >= 0.6 is 91.6 Å². The quantitative estimate of drug-likeness (QED) is 0.0971. The topological polar surface area (TPSA) is 78.8 Å². The van der Waals surface area contributed by atoms with E-state index in [0.29, 0.717) is 31.3 Å². The largest absolute Gasteiger partial charge is 0.456 e. The molecule has 136 heavy (non-hydrogen) atoms. The van der Waals surface area contributed by atoms with Crippen LogP contribution in [0.5, 0.6) is 0 Å². The fourth-order valence-corrected chi connectivity index (χ4v) is 24.5. The van der Waals surface area contributed by atoms with Gasteiger partial charge in [0.15, 0.2) is 0 Å². The van der Waals surface area contributed by atoms with E-state index in [0.717, 1.165) is 196 Å². The minimum absolute atomic E-state index is 0.571. The van der Waals surface area contributed by atoms with Crippen molar-refractivity contribution in [2.24, 2.45) is 0 Å². The Morgan fingerprint density at radius 1 is 0.147 bits per heavy atom. The smallest absolute Gasteiger partial charge is 0.143 e. The lowest BCUT2D eigenvalue weighted by Crippen LogP contribution is -1.93. The fourth-order valence-electron chi connectivity index (χ4n) is 22.2. The third-order valence-corrected chi connectivity index (χ3v) is 30.8. The van der Waals surface area contributed by atoms with Crippen molar-refractivity contribution in [2.45, 2.75) is 0 Å². The number of halogens is 6. The van der Waals surface area contributed by atoms with Crippen molar-refractivity contribution >= 4 is 331 Å². The molecule has 6 aromatic heterocycles. The molecule has 0 spiro atoms. The van der Waals surface area contributed by atoms with Gasteiger partial charge in [-0.05, 0) is 247 Å². The van der Waals surface area contributed by atoms with Crippen LogP contribution in [0.1, 0.15) is 0 Å². The lowest BCUT2D eigenvalue weighted by Gasteiger charge is -2.20. The van der Waals surface area contributed by atoms with Gasteiger partial charge in [-0.3, -0.25) is 0 Å². The Kier molecular flexibility index (Phi) is 18.1. The van der Waals surface area contributed by atoms with Crippen LogP contribution in [0.2, 0.25) is 20.1 Å². The van der Waals surface area contributed by atoms with E-state index in [4.69, 9.17) is 72.9 Å². The Morgan fingerprint density at radius 2 is 0.441 bits per heavy atom. The molecule has 12 heteroatoms. The summed E-state index contributed by atoms with van der Waals surface area (Å²) in [4.78, 5) is 0. The van der Waals surface area contributed by atoms with Gasteiger partial charge in [0.2, 0.25) is 0 Å². The summed E-state index contributed by atoms with van der Waals surface area (Å²) in [5, 5.41) is 36.6. The van der Waals surface area contributed by atoms with Crippen molar-refractivity contribution in [3.05, 3.63) is 415 Å². The molecule has 30 aromatic rings. The van der Waals surface area contributed by atoms with Crippen LogP contribution in [-0.4, -0.2) is 0 Å². The van der Waals surface area contributed by atoms with Gasteiger partial charge in [0.1, 0.15) is 67.0 Å². The third-order valence-electron chi connectivity index (χ3n) is 27.8. The third kappa shape index (κ3) is 12.1. The molecule has 6 nitrogen and oxygen atoms in total. The van der Waals surface area contributed by atoms with Crippen molar-refractivity contribution in [1.29, 1.82) is 0 Å². The van der Waals surface area contributed by atoms with Gasteiger partial charge in [-0.25, -0.2) is 0 Å². The van der Waals surface area contributed by atoms with Gasteiger partial charge >= 0.3 is 0 Å². The van der Waals surface area contributed by atoms with E-state index in [1.165, 1.54) is 94.7 Å². The van der Waals surface area contributed by atoms with Crippen molar-refractivity contribution in [2.75, 3.05) is 0 Å². The molecule has 0 saturated carbocycles. The van der Waals surface area contributed by atoms with Crippen molar-refractivity contribution in [3.8, 4) is 55.6 Å². The summed E-state index contributed by atoms with van der Waals surface area (Å²) in [5.41, 5.74) is 21.7. The van der Waals surface area contributed by atoms with Gasteiger partial charge < -0.3 is 26.5 Å². The van der Waals surface area contributed by atoms with Gasteiger partial charge in [0, 0.05) is 169 Å². The number of fused-ring (bicyclic) bond motifs is 26. The molecule has 0 saturated heterocycles. The minimum Gasteiger partial charge on any atom is -0.456 e. The minimum atomic E-state index is 0.571. The van der Waals surface area contributed by atoms with Gasteiger partial charge in [0.05, 0.1) is 0 Å². The Labute approximate surface area is 820 Å². The van der Waals surface area contributed by atoms with Crippen LogP contribution in [-0.2, 0) is 0 Å². The molecule has 0 bridgehead atoms. The lowest BCUT2D eigenvalue weighted by atomic mass is 9.86. The van der Waals surface area contributed by atoms with Crippen LogP contribution in [0, 0.1) is 7.14 Å². The van der Waals surface area contributed by atoms with E-state index in [-0.39, 0.29) is 0 Å². The SMILES string of the molecule is Clc1cc2oc3c4ccccc4c(Cl)cc3c3c4cc(Cl)cc5oc6c7ccccc7c(Cl)cc6c(c(c1)c23)c54.Ic1ccccc1-c1ccc2oc3cccc4c3c(c2c1)c1cccc2oc3ccc(-c5ccccc5I)cc3c4c21.c1ccc(-c2cc3oc4c5ccccc5c(-c5ccccc5)cc4c4c5cccc6oc7c8ccccc8c(-c8ccccc8)cc7c(c(c2)c34)c65)cc1. The molecule has 24 aromatic carbocycles. The summed E-state index contributed by atoms with van der Waals surface area (Å²) >= 11 is 32.1. The summed E-state index contributed by atoms with van der Waals surface area (Å²) in [7, 11) is 0. The molecule has 0 fully saturated rings. The van der Waals surface area contributed by atoms with Crippen molar-refractivity contribution in [3.63, 3.8) is 0 Å². The van der Waals surface area contributed by atoms with Gasteiger partial charge in [-0.2, -0.15) is 0 Å². The zero-order valence-electron chi connectivity index (χ0n) is 71.7. The van der Waals surface area contributed by atoms with E-state index in [2.05, 4.69) is 349 Å². The molecule has 30 rings (SSSR count). The molecule has 638 valence electrons. The second kappa shape index (κ2) is 30.9. The first-order valence-electron chi connectivity index (χ1n) is 45.0. The van der Waals surface area contributed by atoms with Crippen molar-refractivity contribution < 1.29 is 26.5 Å². The Hall–Kier alpha value is -14.7. The zero-order chi connectivity index (χ0) is 90.1.